The molecule has 1 fully saturated rings. The van der Waals surface area contributed by atoms with E-state index in [9.17, 15) is 9.59 Å². The summed E-state index contributed by atoms with van der Waals surface area (Å²) in [6, 6.07) is 1.70. The second-order valence-corrected chi connectivity index (χ2v) is 6.54. The number of rotatable bonds is 4. The molecule has 0 aliphatic carbocycles. The number of nitrogens with zero attached hydrogens (tertiary/aromatic N) is 2. The molecule has 2 N–H and O–H groups in total. The lowest BCUT2D eigenvalue weighted by molar-refractivity contribution is 0.0872. The first-order chi connectivity index (χ1) is 12.0. The molecule has 0 spiro atoms. The fourth-order valence-corrected chi connectivity index (χ4v) is 3.78. The van der Waals surface area contributed by atoms with Crippen molar-refractivity contribution < 1.29 is 24.2 Å². The second-order valence-electron chi connectivity index (χ2n) is 5.66. The second kappa shape index (κ2) is 7.14. The maximum absolute atomic E-state index is 12.0. The van der Waals surface area contributed by atoms with E-state index in [4.69, 9.17) is 14.6 Å². The molecule has 1 aliphatic heterocycles. The summed E-state index contributed by atoms with van der Waals surface area (Å²) in [5.41, 5.74) is 1.02. The number of hydrogen-bond acceptors (Lipinski definition) is 6. The van der Waals surface area contributed by atoms with Crippen molar-refractivity contribution in [3.05, 3.63) is 17.0 Å². The van der Waals surface area contributed by atoms with Gasteiger partial charge in [0.2, 0.25) is 5.88 Å². The van der Waals surface area contributed by atoms with Crippen molar-refractivity contribution in [3.63, 3.8) is 0 Å². The highest BCUT2D eigenvalue weighted by atomic mass is 32.1. The lowest BCUT2D eigenvalue weighted by Gasteiger charge is -2.29. The maximum atomic E-state index is 12.0. The molecule has 8 nitrogen and oxygen atoms in total. The lowest BCUT2D eigenvalue weighted by Crippen LogP contribution is -2.41. The van der Waals surface area contributed by atoms with Gasteiger partial charge in [-0.2, -0.15) is 0 Å². The highest BCUT2D eigenvalue weighted by molar-refractivity contribution is 7.18. The number of hydrogen-bond donors (Lipinski definition) is 2. The molecule has 2 amide bonds. The van der Waals surface area contributed by atoms with Gasteiger partial charge in [-0.25, -0.2) is 9.78 Å². The first-order valence-electron chi connectivity index (χ1n) is 7.86. The average Bonchev–Trinajstić information content (AvgIpc) is 3.04. The van der Waals surface area contributed by atoms with Crippen molar-refractivity contribution in [1.29, 1.82) is 0 Å². The van der Waals surface area contributed by atoms with Crippen molar-refractivity contribution in [2.45, 2.75) is 18.9 Å². The number of aromatic nitrogens is 1. The van der Waals surface area contributed by atoms with Gasteiger partial charge in [-0.05, 0) is 0 Å². The van der Waals surface area contributed by atoms with E-state index >= 15 is 0 Å². The van der Waals surface area contributed by atoms with E-state index in [-0.39, 0.29) is 12.0 Å². The highest BCUT2D eigenvalue weighted by Crippen LogP contribution is 2.35. The average molecular weight is 365 g/mol. The summed E-state index contributed by atoms with van der Waals surface area (Å²) >= 11 is 1.39. The van der Waals surface area contributed by atoms with Gasteiger partial charge in [0, 0.05) is 44.4 Å². The Hall–Kier alpha value is -2.55. The highest BCUT2D eigenvalue weighted by Gasteiger charge is 2.25. The Labute approximate surface area is 148 Å². The van der Waals surface area contributed by atoms with Gasteiger partial charge in [0.25, 0.3) is 5.91 Å². The number of ether oxygens (including phenoxy) is 2. The summed E-state index contributed by atoms with van der Waals surface area (Å²) in [5, 5.41) is 13.3. The van der Waals surface area contributed by atoms with Crippen LogP contribution in [-0.2, 0) is 0 Å². The van der Waals surface area contributed by atoms with Crippen LogP contribution in [0, 0.1) is 0 Å². The third kappa shape index (κ3) is 3.46. The Morgan fingerprint density at radius 3 is 2.72 bits per heavy atom. The molecule has 1 saturated heterocycles. The summed E-state index contributed by atoms with van der Waals surface area (Å²) in [4.78, 5) is 28.8. The third-order valence-corrected chi connectivity index (χ3v) is 5.14. The van der Waals surface area contributed by atoms with Crippen LogP contribution in [0.25, 0.3) is 10.2 Å². The standard InChI is InChI=1S/C16H19N3O5S/c1-17-15(20)10-8-25-14-11(23-2)7-12(18-13(10)14)24-9-3-5-19(6-4-9)16(21)22/h7-9H,3-6H2,1-2H3,(H,17,20)(H,21,22). The third-order valence-electron chi connectivity index (χ3n) is 4.16. The van der Waals surface area contributed by atoms with Gasteiger partial charge in [0.15, 0.2) is 0 Å². The quantitative estimate of drug-likeness (QED) is 0.861. The van der Waals surface area contributed by atoms with E-state index in [1.807, 2.05) is 0 Å². The Bertz CT molecular complexity index is 798. The lowest BCUT2D eigenvalue weighted by atomic mass is 10.1. The number of carboxylic acid groups (broad SMARTS) is 1. The first-order valence-corrected chi connectivity index (χ1v) is 8.74. The predicted octanol–water partition coefficient (Wildman–Crippen LogP) is 2.19. The monoisotopic (exact) mass is 365 g/mol. The smallest absolute Gasteiger partial charge is 0.407 e. The van der Waals surface area contributed by atoms with E-state index in [0.717, 1.165) is 4.70 Å². The number of amides is 2. The van der Waals surface area contributed by atoms with Crippen LogP contribution in [0.15, 0.2) is 11.4 Å². The molecule has 3 heterocycles. The van der Waals surface area contributed by atoms with E-state index < -0.39 is 6.09 Å². The Kier molecular flexibility index (Phi) is 4.93. The molecule has 9 heteroatoms. The molecular weight excluding hydrogens is 346 g/mol. The van der Waals surface area contributed by atoms with Crippen LogP contribution in [0.5, 0.6) is 11.6 Å². The number of carbonyl (C=O) groups is 2. The summed E-state index contributed by atoms with van der Waals surface area (Å²) in [6.07, 6.45) is 0.168. The van der Waals surface area contributed by atoms with Gasteiger partial charge in [-0.1, -0.05) is 0 Å². The molecular formula is C16H19N3O5S. The number of methoxy groups -OCH3 is 1. The van der Waals surface area contributed by atoms with Crippen molar-refractivity contribution >= 4 is 33.6 Å². The van der Waals surface area contributed by atoms with Crippen LogP contribution in [-0.4, -0.2) is 60.3 Å². The zero-order chi connectivity index (χ0) is 18.0. The van der Waals surface area contributed by atoms with Gasteiger partial charge in [0.05, 0.1) is 17.4 Å². The molecule has 1 aliphatic rings. The van der Waals surface area contributed by atoms with Crippen molar-refractivity contribution in [1.82, 2.24) is 15.2 Å². The van der Waals surface area contributed by atoms with E-state index in [1.54, 1.807) is 25.6 Å². The summed E-state index contributed by atoms with van der Waals surface area (Å²) in [7, 11) is 3.13. The number of pyridine rings is 1. The van der Waals surface area contributed by atoms with E-state index in [0.29, 0.717) is 48.6 Å². The minimum absolute atomic E-state index is 0.118. The Morgan fingerprint density at radius 2 is 2.12 bits per heavy atom. The van der Waals surface area contributed by atoms with E-state index in [1.165, 1.54) is 16.2 Å². The number of piperidine rings is 1. The molecule has 3 rings (SSSR count). The van der Waals surface area contributed by atoms with Crippen LogP contribution in [0.1, 0.15) is 23.2 Å². The fourth-order valence-electron chi connectivity index (χ4n) is 2.80. The number of carbonyl (C=O) groups excluding carboxylic acids is 1. The minimum atomic E-state index is -0.909. The van der Waals surface area contributed by atoms with Crippen molar-refractivity contribution in [2.24, 2.45) is 0 Å². The molecule has 0 saturated carbocycles. The van der Waals surface area contributed by atoms with Crippen LogP contribution in [0.2, 0.25) is 0 Å². The summed E-state index contributed by atoms with van der Waals surface area (Å²) in [6.45, 7) is 0.864. The zero-order valence-electron chi connectivity index (χ0n) is 13.9. The SMILES string of the molecule is CNC(=O)c1csc2c(OC)cc(OC3CCN(C(=O)O)CC3)nc12. The van der Waals surface area contributed by atoms with Gasteiger partial charge >= 0.3 is 6.09 Å². The molecule has 0 aromatic carbocycles. The molecule has 0 unspecified atom stereocenters. The molecule has 134 valence electrons. The van der Waals surface area contributed by atoms with E-state index in [2.05, 4.69) is 10.3 Å². The maximum Gasteiger partial charge on any atom is 0.407 e. The topological polar surface area (TPSA) is 101 Å². The number of fused-ring (bicyclic) bond motifs is 1. The van der Waals surface area contributed by atoms with Crippen molar-refractivity contribution in [3.8, 4) is 11.6 Å². The number of nitrogens with one attached hydrogen (secondary N) is 1. The van der Waals surface area contributed by atoms with Crippen LogP contribution >= 0.6 is 11.3 Å². The minimum Gasteiger partial charge on any atom is -0.495 e. The molecule has 2 aromatic heterocycles. The fraction of sp³-hybridized carbons (Fsp3) is 0.438. The van der Waals surface area contributed by atoms with Gasteiger partial charge in [0.1, 0.15) is 17.4 Å². The first kappa shape index (κ1) is 17.3. The summed E-state index contributed by atoms with van der Waals surface area (Å²) in [5.74, 6) is 0.762. The van der Waals surface area contributed by atoms with Crippen LogP contribution in [0.3, 0.4) is 0 Å². The molecule has 0 radical (unpaired) electrons. The summed E-state index contributed by atoms with van der Waals surface area (Å²) < 4.78 is 12.1. The molecule has 0 atom stereocenters. The Balaban J connectivity index is 1.84. The number of likely N-dealkylation sites (tertiary alicyclic amines) is 1. The molecule has 0 bridgehead atoms. The Morgan fingerprint density at radius 1 is 1.40 bits per heavy atom. The van der Waals surface area contributed by atoms with Crippen LogP contribution < -0.4 is 14.8 Å². The largest absolute Gasteiger partial charge is 0.495 e. The van der Waals surface area contributed by atoms with Crippen LogP contribution in [0.4, 0.5) is 4.79 Å². The van der Waals surface area contributed by atoms with Gasteiger partial charge in [-0.3, -0.25) is 4.79 Å². The molecule has 25 heavy (non-hydrogen) atoms. The van der Waals surface area contributed by atoms with Crippen molar-refractivity contribution in [2.75, 3.05) is 27.2 Å². The normalized spacial score (nSPS) is 15.2. The van der Waals surface area contributed by atoms with Gasteiger partial charge in [-0.15, -0.1) is 11.3 Å². The number of thiophene rings is 1. The predicted molar refractivity (Wildman–Crippen MR) is 92.8 cm³/mol. The van der Waals surface area contributed by atoms with Gasteiger partial charge < -0.3 is 24.8 Å². The molecule has 2 aromatic rings. The zero-order valence-corrected chi connectivity index (χ0v) is 14.8.